The van der Waals surface area contributed by atoms with Crippen molar-refractivity contribution in [1.82, 2.24) is 4.98 Å². The molecule has 1 saturated carbocycles. The molecule has 2 rings (SSSR count). The number of anilines is 1. The van der Waals surface area contributed by atoms with E-state index in [-0.39, 0.29) is 5.91 Å². The molecule has 1 aromatic heterocycles. The standard InChI is InChI=1S/C17H26N2O3/c1-4-10-22-15-8-7-14(12-18-15)19-16(20)17(21-3)9-5-6-13(2)11-17/h7-8,12-13H,4-6,9-11H2,1-3H3,(H,19,20)/t13-,17+/m0/s1. The predicted octanol–water partition coefficient (Wildman–Crippen LogP) is 3.40. The SMILES string of the molecule is CCCOc1ccc(NC(=O)[C@@]2(OC)CCC[C@H](C)C2)cn1. The van der Waals surface area contributed by atoms with Gasteiger partial charge in [-0.05, 0) is 37.7 Å². The van der Waals surface area contributed by atoms with Gasteiger partial charge in [0.05, 0.1) is 18.5 Å². The van der Waals surface area contributed by atoms with E-state index in [0.717, 1.165) is 32.1 Å². The molecule has 1 heterocycles. The van der Waals surface area contributed by atoms with Gasteiger partial charge >= 0.3 is 0 Å². The summed E-state index contributed by atoms with van der Waals surface area (Å²) >= 11 is 0. The summed E-state index contributed by atoms with van der Waals surface area (Å²) in [4.78, 5) is 16.8. The van der Waals surface area contributed by atoms with Crippen molar-refractivity contribution < 1.29 is 14.3 Å². The summed E-state index contributed by atoms with van der Waals surface area (Å²) in [6.07, 6.45) is 6.27. The first-order valence-corrected chi connectivity index (χ1v) is 8.05. The molecule has 5 nitrogen and oxygen atoms in total. The second-order valence-corrected chi connectivity index (χ2v) is 6.09. The Morgan fingerprint density at radius 2 is 2.32 bits per heavy atom. The molecular formula is C17H26N2O3. The van der Waals surface area contributed by atoms with Crippen LogP contribution in [-0.4, -0.2) is 30.2 Å². The topological polar surface area (TPSA) is 60.5 Å². The summed E-state index contributed by atoms with van der Waals surface area (Å²) in [6, 6.07) is 3.58. The van der Waals surface area contributed by atoms with Crippen LogP contribution in [0.1, 0.15) is 46.0 Å². The number of rotatable bonds is 6. The molecule has 0 unspecified atom stereocenters. The second kappa shape index (κ2) is 7.58. The molecule has 0 spiro atoms. The lowest BCUT2D eigenvalue weighted by Gasteiger charge is -2.37. The Hall–Kier alpha value is -1.62. The van der Waals surface area contributed by atoms with E-state index < -0.39 is 5.60 Å². The monoisotopic (exact) mass is 306 g/mol. The van der Waals surface area contributed by atoms with Gasteiger partial charge in [-0.15, -0.1) is 0 Å². The van der Waals surface area contributed by atoms with Crippen LogP contribution < -0.4 is 10.1 Å². The smallest absolute Gasteiger partial charge is 0.256 e. The zero-order valence-corrected chi connectivity index (χ0v) is 13.7. The quantitative estimate of drug-likeness (QED) is 0.875. The Labute approximate surface area is 132 Å². The molecule has 1 aromatic rings. The van der Waals surface area contributed by atoms with Gasteiger partial charge in [0, 0.05) is 13.2 Å². The highest BCUT2D eigenvalue weighted by Gasteiger charge is 2.41. The number of carbonyl (C=O) groups excluding carboxylic acids is 1. The van der Waals surface area contributed by atoms with Crippen LogP contribution in [0.25, 0.3) is 0 Å². The predicted molar refractivity (Wildman–Crippen MR) is 86.0 cm³/mol. The van der Waals surface area contributed by atoms with Crippen LogP contribution in [0.2, 0.25) is 0 Å². The minimum Gasteiger partial charge on any atom is -0.478 e. The summed E-state index contributed by atoms with van der Waals surface area (Å²) < 4.78 is 11.0. The molecule has 1 aliphatic carbocycles. The Kier molecular flexibility index (Phi) is 5.77. The number of methoxy groups -OCH3 is 1. The van der Waals surface area contributed by atoms with Crippen LogP contribution in [-0.2, 0) is 9.53 Å². The average molecular weight is 306 g/mol. The lowest BCUT2D eigenvalue weighted by Crippen LogP contribution is -2.47. The van der Waals surface area contributed by atoms with Gasteiger partial charge < -0.3 is 14.8 Å². The molecule has 1 N–H and O–H groups in total. The van der Waals surface area contributed by atoms with Crippen molar-refractivity contribution in [2.24, 2.45) is 5.92 Å². The van der Waals surface area contributed by atoms with Gasteiger partial charge in [0.2, 0.25) is 5.88 Å². The van der Waals surface area contributed by atoms with E-state index in [1.54, 1.807) is 19.4 Å². The minimum atomic E-state index is -0.713. The van der Waals surface area contributed by atoms with Crippen LogP contribution >= 0.6 is 0 Å². The molecule has 0 aromatic carbocycles. The van der Waals surface area contributed by atoms with Crippen LogP contribution in [0.3, 0.4) is 0 Å². The average Bonchev–Trinajstić information content (AvgIpc) is 2.54. The molecule has 0 radical (unpaired) electrons. The molecule has 22 heavy (non-hydrogen) atoms. The Morgan fingerprint density at radius 1 is 1.50 bits per heavy atom. The van der Waals surface area contributed by atoms with Crippen LogP contribution in [0.5, 0.6) is 5.88 Å². The molecule has 0 saturated heterocycles. The number of nitrogens with zero attached hydrogens (tertiary/aromatic N) is 1. The van der Waals surface area contributed by atoms with E-state index in [4.69, 9.17) is 9.47 Å². The maximum absolute atomic E-state index is 12.6. The number of ether oxygens (including phenoxy) is 2. The van der Waals surface area contributed by atoms with E-state index >= 15 is 0 Å². The van der Waals surface area contributed by atoms with E-state index in [0.29, 0.717) is 24.1 Å². The molecule has 0 bridgehead atoms. The van der Waals surface area contributed by atoms with Crippen molar-refractivity contribution in [3.8, 4) is 5.88 Å². The molecule has 0 aliphatic heterocycles. The van der Waals surface area contributed by atoms with Gasteiger partial charge in [0.1, 0.15) is 5.60 Å². The minimum absolute atomic E-state index is 0.0782. The molecule has 122 valence electrons. The van der Waals surface area contributed by atoms with Crippen molar-refractivity contribution >= 4 is 11.6 Å². The number of hydrogen-bond acceptors (Lipinski definition) is 4. The van der Waals surface area contributed by atoms with Gasteiger partial charge in [0.25, 0.3) is 5.91 Å². The van der Waals surface area contributed by atoms with Crippen LogP contribution in [0.15, 0.2) is 18.3 Å². The maximum Gasteiger partial charge on any atom is 0.256 e. The molecular weight excluding hydrogens is 280 g/mol. The fourth-order valence-corrected chi connectivity index (χ4v) is 2.98. The van der Waals surface area contributed by atoms with E-state index in [9.17, 15) is 4.79 Å². The summed E-state index contributed by atoms with van der Waals surface area (Å²) in [6.45, 7) is 4.86. The third kappa shape index (κ3) is 3.97. The van der Waals surface area contributed by atoms with E-state index in [1.165, 1.54) is 0 Å². The summed E-state index contributed by atoms with van der Waals surface area (Å²) in [5.41, 5.74) is -0.0433. The Balaban J connectivity index is 2.00. The fourth-order valence-electron chi connectivity index (χ4n) is 2.98. The van der Waals surface area contributed by atoms with Crippen molar-refractivity contribution in [2.45, 2.75) is 51.6 Å². The lowest BCUT2D eigenvalue weighted by molar-refractivity contribution is -0.143. The van der Waals surface area contributed by atoms with Gasteiger partial charge in [-0.1, -0.05) is 20.3 Å². The van der Waals surface area contributed by atoms with Crippen molar-refractivity contribution in [1.29, 1.82) is 0 Å². The number of aromatic nitrogens is 1. The number of pyridine rings is 1. The van der Waals surface area contributed by atoms with Crippen molar-refractivity contribution in [3.63, 3.8) is 0 Å². The molecule has 1 amide bonds. The normalized spacial score (nSPS) is 24.8. The highest BCUT2D eigenvalue weighted by atomic mass is 16.5. The summed E-state index contributed by atoms with van der Waals surface area (Å²) in [5, 5.41) is 2.93. The van der Waals surface area contributed by atoms with Crippen molar-refractivity contribution in [3.05, 3.63) is 18.3 Å². The first-order chi connectivity index (χ1) is 10.6. The highest BCUT2D eigenvalue weighted by molar-refractivity contribution is 5.97. The Bertz CT molecular complexity index is 489. The first kappa shape index (κ1) is 16.7. The van der Waals surface area contributed by atoms with E-state index in [1.807, 2.05) is 13.0 Å². The van der Waals surface area contributed by atoms with Gasteiger partial charge in [-0.25, -0.2) is 4.98 Å². The lowest BCUT2D eigenvalue weighted by atomic mass is 9.78. The number of carbonyl (C=O) groups is 1. The molecule has 1 aliphatic rings. The largest absolute Gasteiger partial charge is 0.478 e. The van der Waals surface area contributed by atoms with E-state index in [2.05, 4.69) is 17.2 Å². The fraction of sp³-hybridized carbons (Fsp3) is 0.647. The molecule has 2 atom stereocenters. The summed E-state index contributed by atoms with van der Waals surface area (Å²) in [7, 11) is 1.62. The highest BCUT2D eigenvalue weighted by Crippen LogP contribution is 2.35. The third-order valence-electron chi connectivity index (χ3n) is 4.21. The second-order valence-electron chi connectivity index (χ2n) is 6.09. The zero-order valence-electron chi connectivity index (χ0n) is 13.7. The summed E-state index contributed by atoms with van der Waals surface area (Å²) in [5.74, 6) is 1.00. The Morgan fingerprint density at radius 3 is 2.91 bits per heavy atom. The maximum atomic E-state index is 12.6. The first-order valence-electron chi connectivity index (χ1n) is 8.05. The van der Waals surface area contributed by atoms with Crippen molar-refractivity contribution in [2.75, 3.05) is 19.0 Å². The van der Waals surface area contributed by atoms with Crippen LogP contribution in [0.4, 0.5) is 5.69 Å². The zero-order chi connectivity index (χ0) is 16.0. The third-order valence-corrected chi connectivity index (χ3v) is 4.21. The molecule has 1 fully saturated rings. The number of amides is 1. The molecule has 5 heteroatoms. The number of nitrogens with one attached hydrogen (secondary N) is 1. The van der Waals surface area contributed by atoms with Gasteiger partial charge in [0.15, 0.2) is 0 Å². The van der Waals surface area contributed by atoms with Gasteiger partial charge in [-0.3, -0.25) is 4.79 Å². The van der Waals surface area contributed by atoms with Crippen LogP contribution in [0, 0.1) is 5.92 Å². The van der Waals surface area contributed by atoms with Gasteiger partial charge in [-0.2, -0.15) is 0 Å². The number of hydrogen-bond donors (Lipinski definition) is 1.